The maximum absolute atomic E-state index is 12.0. The highest BCUT2D eigenvalue weighted by atomic mass is 16.3. The fraction of sp³-hybridized carbons (Fsp3) is 0. The number of carbonyl (C=O) groups excluding carboxylic acids is 1. The molecule has 19 heavy (non-hydrogen) atoms. The van der Waals surface area contributed by atoms with Crippen molar-refractivity contribution in [2.45, 2.75) is 0 Å². The number of hydrogen-bond donors (Lipinski definition) is 2. The van der Waals surface area contributed by atoms with Gasteiger partial charge in [0.2, 0.25) is 0 Å². The number of pyridine rings is 1. The molecule has 3 rings (SSSR count). The number of aromatic nitrogens is 2. The van der Waals surface area contributed by atoms with E-state index in [2.05, 4.69) is 10.4 Å². The molecule has 0 fully saturated rings. The Morgan fingerprint density at radius 1 is 1.16 bits per heavy atom. The number of fused-ring (bicyclic) bond motifs is 1. The van der Waals surface area contributed by atoms with Crippen LogP contribution in [0.1, 0.15) is 10.5 Å². The van der Waals surface area contributed by atoms with Crippen LogP contribution in [0.4, 0.5) is 5.69 Å². The van der Waals surface area contributed by atoms with Gasteiger partial charge in [-0.3, -0.25) is 4.79 Å². The van der Waals surface area contributed by atoms with E-state index in [1.165, 1.54) is 12.1 Å². The first kappa shape index (κ1) is 11.3. The highest BCUT2D eigenvalue weighted by molar-refractivity contribution is 6.03. The normalized spacial score (nSPS) is 10.5. The Hall–Kier alpha value is -2.82. The van der Waals surface area contributed by atoms with Crippen LogP contribution in [0.15, 0.2) is 54.7 Å². The Labute approximate surface area is 109 Å². The molecule has 0 saturated carbocycles. The third-order valence-electron chi connectivity index (χ3n) is 2.73. The maximum atomic E-state index is 12.0. The number of nitrogens with zero attached hydrogens (tertiary/aromatic N) is 2. The van der Waals surface area contributed by atoms with E-state index in [4.69, 9.17) is 0 Å². The number of anilines is 1. The van der Waals surface area contributed by atoms with Crippen LogP contribution in [-0.2, 0) is 0 Å². The molecule has 0 atom stereocenters. The van der Waals surface area contributed by atoms with Crippen molar-refractivity contribution in [1.29, 1.82) is 0 Å². The van der Waals surface area contributed by atoms with Gasteiger partial charge in [0, 0.05) is 11.9 Å². The van der Waals surface area contributed by atoms with Crippen LogP contribution in [-0.4, -0.2) is 20.6 Å². The average Bonchev–Trinajstić information content (AvgIpc) is 2.85. The highest BCUT2D eigenvalue weighted by Gasteiger charge is 2.10. The number of carbonyl (C=O) groups is 1. The number of benzene rings is 1. The lowest BCUT2D eigenvalue weighted by atomic mass is 10.3. The molecule has 0 saturated heterocycles. The molecule has 5 heteroatoms. The van der Waals surface area contributed by atoms with Crippen LogP contribution in [0.5, 0.6) is 5.75 Å². The Balaban J connectivity index is 1.85. The van der Waals surface area contributed by atoms with Gasteiger partial charge < -0.3 is 10.4 Å². The first-order valence-corrected chi connectivity index (χ1v) is 5.77. The number of hydrogen-bond acceptors (Lipinski definition) is 3. The van der Waals surface area contributed by atoms with Crippen molar-refractivity contribution in [3.05, 3.63) is 60.4 Å². The van der Waals surface area contributed by atoms with Gasteiger partial charge in [-0.2, -0.15) is 5.10 Å². The molecule has 2 N–H and O–H groups in total. The summed E-state index contributed by atoms with van der Waals surface area (Å²) < 4.78 is 1.64. The molecule has 0 bridgehead atoms. The Bertz CT molecular complexity index is 699. The molecule has 5 nitrogen and oxygen atoms in total. The molecule has 2 heterocycles. The summed E-state index contributed by atoms with van der Waals surface area (Å²) in [5, 5.41) is 16.1. The number of phenols is 1. The molecular weight excluding hydrogens is 242 g/mol. The van der Waals surface area contributed by atoms with E-state index in [0.717, 1.165) is 5.52 Å². The minimum absolute atomic E-state index is 0.158. The minimum Gasteiger partial charge on any atom is -0.508 e. The summed E-state index contributed by atoms with van der Waals surface area (Å²) >= 11 is 0. The lowest BCUT2D eigenvalue weighted by Crippen LogP contribution is -2.12. The summed E-state index contributed by atoms with van der Waals surface area (Å²) in [6, 6.07) is 13.6. The van der Waals surface area contributed by atoms with Gasteiger partial charge in [0.1, 0.15) is 5.75 Å². The SMILES string of the molecule is O=C(Nc1ccc(O)cc1)c1cc2ccccn2n1. The van der Waals surface area contributed by atoms with E-state index < -0.39 is 0 Å². The Morgan fingerprint density at radius 2 is 1.95 bits per heavy atom. The zero-order valence-electron chi connectivity index (χ0n) is 9.95. The van der Waals surface area contributed by atoms with Crippen molar-refractivity contribution < 1.29 is 9.90 Å². The fourth-order valence-electron chi connectivity index (χ4n) is 1.79. The minimum atomic E-state index is -0.283. The fourth-order valence-corrected chi connectivity index (χ4v) is 1.79. The van der Waals surface area contributed by atoms with Crippen LogP contribution in [0.25, 0.3) is 5.52 Å². The number of rotatable bonds is 2. The molecular formula is C14H11N3O2. The van der Waals surface area contributed by atoms with Crippen LogP contribution in [0, 0.1) is 0 Å². The molecule has 0 radical (unpaired) electrons. The zero-order chi connectivity index (χ0) is 13.2. The topological polar surface area (TPSA) is 66.6 Å². The van der Waals surface area contributed by atoms with Gasteiger partial charge in [-0.25, -0.2) is 4.52 Å². The molecule has 0 aliphatic rings. The molecule has 3 aromatic rings. The van der Waals surface area contributed by atoms with Crippen LogP contribution in [0.2, 0.25) is 0 Å². The maximum Gasteiger partial charge on any atom is 0.276 e. The number of nitrogens with one attached hydrogen (secondary N) is 1. The predicted octanol–water partition coefficient (Wildman–Crippen LogP) is 2.29. The van der Waals surface area contributed by atoms with E-state index in [9.17, 15) is 9.90 Å². The highest BCUT2D eigenvalue weighted by Crippen LogP contribution is 2.15. The quantitative estimate of drug-likeness (QED) is 0.688. The summed E-state index contributed by atoms with van der Waals surface area (Å²) in [5.41, 5.74) is 1.82. The van der Waals surface area contributed by atoms with Crippen molar-refractivity contribution >= 4 is 17.1 Å². The summed E-state index contributed by atoms with van der Waals surface area (Å²) in [6.07, 6.45) is 1.78. The molecule has 1 aromatic carbocycles. The van der Waals surface area contributed by atoms with E-state index in [1.807, 2.05) is 18.2 Å². The summed E-state index contributed by atoms with van der Waals surface area (Å²) in [5.74, 6) is -0.125. The van der Waals surface area contributed by atoms with Gasteiger partial charge in [-0.05, 0) is 42.5 Å². The molecule has 0 spiro atoms. The predicted molar refractivity (Wildman–Crippen MR) is 71.3 cm³/mol. The second kappa shape index (κ2) is 4.45. The second-order valence-corrected chi connectivity index (χ2v) is 4.10. The second-order valence-electron chi connectivity index (χ2n) is 4.10. The van der Waals surface area contributed by atoms with Gasteiger partial charge in [-0.15, -0.1) is 0 Å². The lowest BCUT2D eigenvalue weighted by Gasteiger charge is -2.02. The van der Waals surface area contributed by atoms with Gasteiger partial charge in [0.25, 0.3) is 5.91 Å². The standard InChI is InChI=1S/C14H11N3O2/c18-12-6-4-10(5-7-12)15-14(19)13-9-11-3-1-2-8-17(11)16-13/h1-9,18H,(H,15,19). The van der Waals surface area contributed by atoms with Crippen LogP contribution >= 0.6 is 0 Å². The van der Waals surface area contributed by atoms with Crippen molar-refractivity contribution in [3.8, 4) is 5.75 Å². The van der Waals surface area contributed by atoms with Crippen molar-refractivity contribution in [2.75, 3.05) is 5.32 Å². The average molecular weight is 253 g/mol. The summed E-state index contributed by atoms with van der Waals surface area (Å²) in [7, 11) is 0. The van der Waals surface area contributed by atoms with E-state index >= 15 is 0 Å². The largest absolute Gasteiger partial charge is 0.508 e. The third-order valence-corrected chi connectivity index (χ3v) is 2.73. The van der Waals surface area contributed by atoms with Crippen LogP contribution < -0.4 is 5.32 Å². The molecule has 0 unspecified atom stereocenters. The number of amides is 1. The monoisotopic (exact) mass is 253 g/mol. The van der Waals surface area contributed by atoms with Gasteiger partial charge in [0.05, 0.1) is 5.52 Å². The van der Waals surface area contributed by atoms with Crippen LogP contribution in [0.3, 0.4) is 0 Å². The van der Waals surface area contributed by atoms with Crippen molar-refractivity contribution in [1.82, 2.24) is 9.61 Å². The number of phenolic OH excluding ortho intramolecular Hbond substituents is 1. The summed E-state index contributed by atoms with van der Waals surface area (Å²) in [6.45, 7) is 0. The molecule has 2 aromatic heterocycles. The van der Waals surface area contributed by atoms with E-state index in [0.29, 0.717) is 11.4 Å². The first-order chi connectivity index (χ1) is 9.22. The molecule has 0 aliphatic heterocycles. The molecule has 1 amide bonds. The summed E-state index contributed by atoms with van der Waals surface area (Å²) in [4.78, 5) is 12.0. The zero-order valence-corrected chi connectivity index (χ0v) is 9.95. The van der Waals surface area contributed by atoms with Crippen molar-refractivity contribution in [3.63, 3.8) is 0 Å². The van der Waals surface area contributed by atoms with Crippen molar-refractivity contribution in [2.24, 2.45) is 0 Å². The Kier molecular flexibility index (Phi) is 2.64. The first-order valence-electron chi connectivity index (χ1n) is 5.77. The number of aromatic hydroxyl groups is 1. The smallest absolute Gasteiger partial charge is 0.276 e. The van der Waals surface area contributed by atoms with E-state index in [-0.39, 0.29) is 11.7 Å². The lowest BCUT2D eigenvalue weighted by molar-refractivity contribution is 0.102. The van der Waals surface area contributed by atoms with Gasteiger partial charge >= 0.3 is 0 Å². The van der Waals surface area contributed by atoms with Gasteiger partial charge in [0.15, 0.2) is 5.69 Å². The Morgan fingerprint density at radius 3 is 2.68 bits per heavy atom. The molecule has 0 aliphatic carbocycles. The van der Waals surface area contributed by atoms with E-state index in [1.54, 1.807) is 28.9 Å². The third kappa shape index (κ3) is 2.26. The van der Waals surface area contributed by atoms with Gasteiger partial charge in [-0.1, -0.05) is 6.07 Å². The molecule has 94 valence electrons.